The van der Waals surface area contributed by atoms with Gasteiger partial charge < -0.3 is 10.4 Å². The fraction of sp³-hybridized carbons (Fsp3) is 0.500. The van der Waals surface area contributed by atoms with Gasteiger partial charge in [-0.15, -0.1) is 0 Å². The Labute approximate surface area is 119 Å². The van der Waals surface area contributed by atoms with Crippen LogP contribution in [0.25, 0.3) is 0 Å². The maximum atomic E-state index is 11.8. The molecule has 1 fully saturated rings. The zero-order valence-corrected chi connectivity index (χ0v) is 11.8. The van der Waals surface area contributed by atoms with Crippen LogP contribution < -0.4 is 5.32 Å². The summed E-state index contributed by atoms with van der Waals surface area (Å²) < 4.78 is 0. The maximum Gasteiger partial charge on any atom is 0.315 e. The SMILES string of the molecule is CC(CNC(=O)CC1CCC1)(C(=O)O)c1ccccc1. The predicted octanol–water partition coefficient (Wildman–Crippen LogP) is 2.34. The van der Waals surface area contributed by atoms with Gasteiger partial charge in [0.15, 0.2) is 0 Å². The predicted molar refractivity (Wildman–Crippen MR) is 76.4 cm³/mol. The monoisotopic (exact) mass is 275 g/mol. The molecule has 1 aliphatic rings. The van der Waals surface area contributed by atoms with E-state index in [0.717, 1.165) is 12.8 Å². The molecule has 1 atom stereocenters. The molecule has 0 aliphatic heterocycles. The summed E-state index contributed by atoms with van der Waals surface area (Å²) in [6.07, 6.45) is 3.95. The number of benzene rings is 1. The Hall–Kier alpha value is -1.84. The van der Waals surface area contributed by atoms with Gasteiger partial charge in [0.25, 0.3) is 0 Å². The molecule has 1 unspecified atom stereocenters. The van der Waals surface area contributed by atoms with Crippen molar-refractivity contribution in [2.24, 2.45) is 5.92 Å². The number of hydrogen-bond donors (Lipinski definition) is 2. The van der Waals surface area contributed by atoms with Crippen LogP contribution in [0, 0.1) is 5.92 Å². The molecule has 108 valence electrons. The van der Waals surface area contributed by atoms with Crippen LogP contribution in [-0.2, 0) is 15.0 Å². The standard InChI is InChI=1S/C16H21NO3/c1-16(15(19)20,13-8-3-2-4-9-13)11-17-14(18)10-12-6-5-7-12/h2-4,8-9,12H,5-7,10-11H2,1H3,(H,17,18)(H,19,20). The molecule has 1 saturated carbocycles. The van der Waals surface area contributed by atoms with Gasteiger partial charge in [-0.25, -0.2) is 0 Å². The lowest BCUT2D eigenvalue weighted by molar-refractivity contribution is -0.143. The topological polar surface area (TPSA) is 66.4 Å². The summed E-state index contributed by atoms with van der Waals surface area (Å²) in [5, 5.41) is 12.3. The Morgan fingerprint density at radius 3 is 2.45 bits per heavy atom. The summed E-state index contributed by atoms with van der Waals surface area (Å²) in [7, 11) is 0. The fourth-order valence-electron chi connectivity index (χ4n) is 2.41. The van der Waals surface area contributed by atoms with Gasteiger partial charge in [-0.2, -0.15) is 0 Å². The van der Waals surface area contributed by atoms with E-state index in [1.165, 1.54) is 6.42 Å². The molecule has 0 spiro atoms. The highest BCUT2D eigenvalue weighted by atomic mass is 16.4. The Balaban J connectivity index is 1.98. The highest BCUT2D eigenvalue weighted by Gasteiger charge is 2.35. The third kappa shape index (κ3) is 3.18. The first-order chi connectivity index (χ1) is 9.52. The van der Waals surface area contributed by atoms with E-state index in [1.54, 1.807) is 19.1 Å². The van der Waals surface area contributed by atoms with Gasteiger partial charge >= 0.3 is 5.97 Å². The molecule has 20 heavy (non-hydrogen) atoms. The highest BCUT2D eigenvalue weighted by Crippen LogP contribution is 2.29. The average Bonchev–Trinajstić information content (AvgIpc) is 2.41. The van der Waals surface area contributed by atoms with E-state index in [4.69, 9.17) is 0 Å². The molecule has 0 radical (unpaired) electrons. The molecule has 2 N–H and O–H groups in total. The van der Waals surface area contributed by atoms with Gasteiger partial charge in [0.1, 0.15) is 5.41 Å². The summed E-state index contributed by atoms with van der Waals surface area (Å²) in [6.45, 7) is 1.77. The van der Waals surface area contributed by atoms with Crippen molar-refractivity contribution in [1.82, 2.24) is 5.32 Å². The van der Waals surface area contributed by atoms with Gasteiger partial charge in [-0.1, -0.05) is 36.8 Å². The van der Waals surface area contributed by atoms with Crippen LogP contribution in [0.2, 0.25) is 0 Å². The number of carboxylic acid groups (broad SMARTS) is 1. The minimum Gasteiger partial charge on any atom is -0.481 e. The Morgan fingerprint density at radius 1 is 1.30 bits per heavy atom. The molecule has 1 aromatic carbocycles. The summed E-state index contributed by atoms with van der Waals surface area (Å²) in [6, 6.07) is 9.04. The van der Waals surface area contributed by atoms with Crippen LogP contribution in [-0.4, -0.2) is 23.5 Å². The number of nitrogens with one attached hydrogen (secondary N) is 1. The maximum absolute atomic E-state index is 11.8. The van der Waals surface area contributed by atoms with Crippen molar-refractivity contribution in [2.75, 3.05) is 6.54 Å². The second-order valence-corrected chi connectivity index (χ2v) is 5.78. The number of carboxylic acids is 1. The summed E-state index contributed by atoms with van der Waals surface area (Å²) in [5.74, 6) is -0.478. The van der Waals surface area contributed by atoms with E-state index >= 15 is 0 Å². The molecule has 2 rings (SSSR count). The van der Waals surface area contributed by atoms with Crippen LogP contribution in [0.5, 0.6) is 0 Å². The highest BCUT2D eigenvalue weighted by molar-refractivity contribution is 5.83. The third-order valence-electron chi connectivity index (χ3n) is 4.22. The van der Waals surface area contributed by atoms with Crippen LogP contribution in [0.15, 0.2) is 30.3 Å². The van der Waals surface area contributed by atoms with Gasteiger partial charge in [-0.3, -0.25) is 9.59 Å². The molecule has 0 bridgehead atoms. The summed E-state index contributed by atoms with van der Waals surface area (Å²) in [4.78, 5) is 23.4. The first-order valence-electron chi connectivity index (χ1n) is 7.08. The number of rotatable bonds is 6. The zero-order valence-electron chi connectivity index (χ0n) is 11.8. The van der Waals surface area contributed by atoms with E-state index in [-0.39, 0.29) is 12.5 Å². The van der Waals surface area contributed by atoms with Gasteiger partial charge in [0.05, 0.1) is 0 Å². The normalized spacial score (nSPS) is 17.9. The van der Waals surface area contributed by atoms with Crippen molar-refractivity contribution < 1.29 is 14.7 Å². The number of amides is 1. The number of hydrogen-bond acceptors (Lipinski definition) is 2. The molecule has 0 aromatic heterocycles. The molecule has 1 amide bonds. The largest absolute Gasteiger partial charge is 0.481 e. The van der Waals surface area contributed by atoms with Crippen LogP contribution >= 0.6 is 0 Å². The van der Waals surface area contributed by atoms with E-state index in [2.05, 4.69) is 5.32 Å². The lowest BCUT2D eigenvalue weighted by Gasteiger charge is -2.28. The third-order valence-corrected chi connectivity index (χ3v) is 4.22. The number of carbonyl (C=O) groups is 2. The van der Waals surface area contributed by atoms with Crippen molar-refractivity contribution in [1.29, 1.82) is 0 Å². The second-order valence-electron chi connectivity index (χ2n) is 5.78. The van der Waals surface area contributed by atoms with Crippen LogP contribution in [0.1, 0.15) is 38.2 Å². The Kier molecular flexibility index (Phi) is 4.42. The van der Waals surface area contributed by atoms with Gasteiger partial charge in [0.2, 0.25) is 5.91 Å². The van der Waals surface area contributed by atoms with Crippen molar-refractivity contribution in [3.8, 4) is 0 Å². The van der Waals surface area contributed by atoms with Crippen molar-refractivity contribution in [2.45, 2.75) is 38.0 Å². The number of aliphatic carboxylic acids is 1. The van der Waals surface area contributed by atoms with Crippen molar-refractivity contribution in [3.05, 3.63) is 35.9 Å². The van der Waals surface area contributed by atoms with Gasteiger partial charge in [0, 0.05) is 13.0 Å². The molecule has 4 heteroatoms. The minimum absolute atomic E-state index is 0.0434. The second kappa shape index (κ2) is 6.07. The first kappa shape index (κ1) is 14.6. The first-order valence-corrected chi connectivity index (χ1v) is 7.08. The van der Waals surface area contributed by atoms with Crippen LogP contribution in [0.4, 0.5) is 0 Å². The smallest absolute Gasteiger partial charge is 0.315 e. The zero-order chi connectivity index (χ0) is 14.6. The molecule has 0 heterocycles. The van der Waals surface area contributed by atoms with E-state index in [9.17, 15) is 14.7 Å². The average molecular weight is 275 g/mol. The minimum atomic E-state index is -1.09. The summed E-state index contributed by atoms with van der Waals surface area (Å²) in [5.41, 5.74) is -0.382. The lowest BCUT2D eigenvalue weighted by atomic mass is 9.81. The van der Waals surface area contributed by atoms with Crippen molar-refractivity contribution >= 4 is 11.9 Å². The molecular weight excluding hydrogens is 254 g/mol. The fourth-order valence-corrected chi connectivity index (χ4v) is 2.41. The van der Waals surface area contributed by atoms with Crippen molar-refractivity contribution in [3.63, 3.8) is 0 Å². The number of carbonyl (C=O) groups excluding carboxylic acids is 1. The Bertz CT molecular complexity index is 482. The molecule has 1 aliphatic carbocycles. The van der Waals surface area contributed by atoms with E-state index < -0.39 is 11.4 Å². The van der Waals surface area contributed by atoms with Gasteiger partial charge in [-0.05, 0) is 31.2 Å². The molecule has 0 saturated heterocycles. The quantitative estimate of drug-likeness (QED) is 0.837. The molecule has 4 nitrogen and oxygen atoms in total. The molecular formula is C16H21NO3. The van der Waals surface area contributed by atoms with Crippen LogP contribution in [0.3, 0.4) is 0 Å². The van der Waals surface area contributed by atoms with E-state index in [1.807, 2.05) is 18.2 Å². The lowest BCUT2D eigenvalue weighted by Crippen LogP contribution is -2.44. The summed E-state index contributed by atoms with van der Waals surface area (Å²) >= 11 is 0. The van der Waals surface area contributed by atoms with E-state index in [0.29, 0.717) is 17.9 Å². The Morgan fingerprint density at radius 2 is 1.95 bits per heavy atom. The molecule has 1 aromatic rings.